The Morgan fingerprint density at radius 2 is 2.09 bits per heavy atom. The maximum Gasteiger partial charge on any atom is 0.417 e. The monoisotopic (exact) mass is 326 g/mol. The van der Waals surface area contributed by atoms with E-state index >= 15 is 0 Å². The topological polar surface area (TPSA) is 84.9 Å². The molecule has 3 fully saturated rings. The van der Waals surface area contributed by atoms with Gasteiger partial charge in [0.25, 0.3) is 11.1 Å². The van der Waals surface area contributed by atoms with Crippen LogP contribution in [0.4, 0.5) is 4.79 Å². The van der Waals surface area contributed by atoms with Gasteiger partial charge in [0.2, 0.25) is 0 Å². The van der Waals surface area contributed by atoms with Crippen LogP contribution in [0.3, 0.4) is 0 Å². The first-order valence-corrected chi connectivity index (χ1v) is 7.72. The minimum atomic E-state index is -1.29. The first-order valence-electron chi connectivity index (χ1n) is 7.32. The van der Waals surface area contributed by atoms with Crippen LogP contribution in [0.25, 0.3) is 0 Å². The van der Waals surface area contributed by atoms with E-state index < -0.39 is 29.2 Å². The summed E-state index contributed by atoms with van der Waals surface area (Å²) < 4.78 is 10.5. The highest BCUT2D eigenvalue weighted by Crippen LogP contribution is 2.37. The van der Waals surface area contributed by atoms with Crippen molar-refractivity contribution in [1.29, 1.82) is 0 Å². The molecule has 1 saturated carbocycles. The number of hydrogen-bond donors (Lipinski definition) is 1. The fourth-order valence-corrected chi connectivity index (χ4v) is 3.59. The van der Waals surface area contributed by atoms with Gasteiger partial charge in [0.1, 0.15) is 6.61 Å². The molecule has 120 valence electrons. The van der Waals surface area contributed by atoms with Crippen molar-refractivity contribution in [3.05, 3.63) is 0 Å². The number of carbonyl (C=O) groups excluding carboxylic acids is 3. The van der Waals surface area contributed by atoms with Crippen LogP contribution >= 0.6 is 12.2 Å². The number of imide groups is 1. The molecule has 22 heavy (non-hydrogen) atoms. The van der Waals surface area contributed by atoms with E-state index in [1.54, 1.807) is 13.8 Å². The van der Waals surface area contributed by atoms with E-state index in [0.29, 0.717) is 12.8 Å². The van der Waals surface area contributed by atoms with Crippen LogP contribution in [0.2, 0.25) is 0 Å². The molecular weight excluding hydrogens is 308 g/mol. The van der Waals surface area contributed by atoms with Crippen molar-refractivity contribution in [3.8, 4) is 0 Å². The van der Waals surface area contributed by atoms with E-state index in [-0.39, 0.29) is 17.6 Å². The van der Waals surface area contributed by atoms with Gasteiger partial charge in [0, 0.05) is 6.42 Å². The molecule has 7 nitrogen and oxygen atoms in total. The SMILES string of the molecule is CC1(C)COC(=O)N1C(=O)[C@H]1NC(=S)O[C@]12CCCCC2=O. The van der Waals surface area contributed by atoms with Gasteiger partial charge in [-0.3, -0.25) is 9.59 Å². The average Bonchev–Trinajstić information content (AvgIpc) is 2.91. The summed E-state index contributed by atoms with van der Waals surface area (Å²) in [6, 6.07) is -0.974. The highest BCUT2D eigenvalue weighted by Gasteiger charge is 2.60. The Balaban J connectivity index is 1.95. The average molecular weight is 326 g/mol. The first-order chi connectivity index (χ1) is 10.3. The molecule has 2 heterocycles. The number of nitrogens with one attached hydrogen (secondary N) is 1. The number of cyclic esters (lactones) is 1. The van der Waals surface area contributed by atoms with Crippen LogP contribution in [0.5, 0.6) is 0 Å². The number of Topliss-reactive ketones (excluding diaryl/α,β-unsaturated/α-hetero) is 1. The van der Waals surface area contributed by atoms with Gasteiger partial charge in [-0.1, -0.05) is 0 Å². The molecule has 2 atom stereocenters. The minimum Gasteiger partial charge on any atom is -0.454 e. The highest BCUT2D eigenvalue weighted by atomic mass is 32.1. The van der Waals surface area contributed by atoms with Gasteiger partial charge < -0.3 is 14.8 Å². The number of carbonyl (C=O) groups is 3. The Morgan fingerprint density at radius 1 is 1.36 bits per heavy atom. The molecule has 0 radical (unpaired) electrons. The summed E-state index contributed by atoms with van der Waals surface area (Å²) in [7, 11) is 0. The molecule has 1 spiro atoms. The number of nitrogens with zero attached hydrogens (tertiary/aromatic N) is 1. The van der Waals surface area contributed by atoms with Gasteiger partial charge in [-0.2, -0.15) is 0 Å². The number of thiocarbonyl (C=S) groups is 1. The predicted octanol–water partition coefficient (Wildman–Crippen LogP) is 0.899. The highest BCUT2D eigenvalue weighted by molar-refractivity contribution is 7.80. The normalized spacial score (nSPS) is 33.6. The largest absolute Gasteiger partial charge is 0.454 e. The fraction of sp³-hybridized carbons (Fsp3) is 0.714. The second-order valence-corrected chi connectivity index (χ2v) is 6.90. The summed E-state index contributed by atoms with van der Waals surface area (Å²) in [6.07, 6.45) is 1.61. The van der Waals surface area contributed by atoms with Crippen molar-refractivity contribution in [2.45, 2.75) is 56.7 Å². The number of hydrogen-bond acceptors (Lipinski definition) is 6. The summed E-state index contributed by atoms with van der Waals surface area (Å²) >= 11 is 5.01. The van der Waals surface area contributed by atoms with Crippen LogP contribution in [0.15, 0.2) is 0 Å². The van der Waals surface area contributed by atoms with Crippen LogP contribution < -0.4 is 5.32 Å². The molecule has 8 heteroatoms. The number of ketones is 1. The number of ether oxygens (including phenoxy) is 2. The van der Waals surface area contributed by atoms with Crippen molar-refractivity contribution in [1.82, 2.24) is 10.2 Å². The van der Waals surface area contributed by atoms with Gasteiger partial charge >= 0.3 is 6.09 Å². The van der Waals surface area contributed by atoms with Crippen molar-refractivity contribution < 1.29 is 23.9 Å². The predicted molar refractivity (Wildman–Crippen MR) is 79.1 cm³/mol. The van der Waals surface area contributed by atoms with Gasteiger partial charge in [-0.15, -0.1) is 0 Å². The zero-order chi connectivity index (χ0) is 16.1. The summed E-state index contributed by atoms with van der Waals surface area (Å²) in [4.78, 5) is 38.3. The lowest BCUT2D eigenvalue weighted by Gasteiger charge is -2.36. The van der Waals surface area contributed by atoms with Crippen LogP contribution in [0, 0.1) is 0 Å². The Hall–Kier alpha value is -1.70. The molecule has 0 aromatic carbocycles. The van der Waals surface area contributed by atoms with E-state index in [1.165, 1.54) is 0 Å². The van der Waals surface area contributed by atoms with E-state index in [1.807, 2.05) is 0 Å². The Kier molecular flexibility index (Phi) is 3.39. The third-order valence-electron chi connectivity index (χ3n) is 4.48. The zero-order valence-corrected chi connectivity index (χ0v) is 13.3. The molecule has 2 aliphatic heterocycles. The van der Waals surface area contributed by atoms with E-state index in [2.05, 4.69) is 5.32 Å². The lowest BCUT2D eigenvalue weighted by Crippen LogP contribution is -2.62. The van der Waals surface area contributed by atoms with Crippen molar-refractivity contribution in [3.63, 3.8) is 0 Å². The zero-order valence-electron chi connectivity index (χ0n) is 12.5. The van der Waals surface area contributed by atoms with E-state index in [4.69, 9.17) is 21.7 Å². The van der Waals surface area contributed by atoms with E-state index in [9.17, 15) is 14.4 Å². The maximum absolute atomic E-state index is 12.9. The van der Waals surface area contributed by atoms with Gasteiger partial charge in [0.15, 0.2) is 17.4 Å². The fourth-order valence-electron chi connectivity index (χ4n) is 3.32. The number of amides is 2. The number of rotatable bonds is 1. The van der Waals surface area contributed by atoms with Crippen molar-refractivity contribution >= 4 is 35.2 Å². The lowest BCUT2D eigenvalue weighted by atomic mass is 9.78. The minimum absolute atomic E-state index is 0.0268. The quantitative estimate of drug-likeness (QED) is 0.717. The van der Waals surface area contributed by atoms with Crippen LogP contribution in [0.1, 0.15) is 39.5 Å². The smallest absolute Gasteiger partial charge is 0.417 e. The third-order valence-corrected chi connectivity index (χ3v) is 4.68. The molecule has 0 aromatic rings. The summed E-state index contributed by atoms with van der Waals surface area (Å²) in [5.41, 5.74) is -2.05. The molecule has 1 aliphatic carbocycles. The second-order valence-electron chi connectivity index (χ2n) is 6.53. The van der Waals surface area contributed by atoms with Crippen LogP contribution in [-0.4, -0.2) is 51.6 Å². The van der Waals surface area contributed by atoms with Crippen LogP contribution in [-0.2, 0) is 19.1 Å². The van der Waals surface area contributed by atoms with Crippen molar-refractivity contribution in [2.24, 2.45) is 0 Å². The second kappa shape index (κ2) is 4.91. The molecule has 0 unspecified atom stereocenters. The standard InChI is InChI=1S/C14H18N2O5S/c1-13(2)7-20-12(19)16(13)10(18)9-14(21-11(22)15-9)6-4-3-5-8(14)17/h9H,3-7H2,1-2H3,(H,15,22)/t9-,14+/m1/s1. The first kappa shape index (κ1) is 15.2. The van der Waals surface area contributed by atoms with Gasteiger partial charge in [-0.25, -0.2) is 9.69 Å². The molecule has 2 saturated heterocycles. The summed E-state index contributed by atoms with van der Waals surface area (Å²) in [5, 5.41) is 2.80. The molecular formula is C14H18N2O5S. The molecule has 2 amide bonds. The van der Waals surface area contributed by atoms with E-state index in [0.717, 1.165) is 17.7 Å². The Bertz CT molecular complexity index is 576. The third kappa shape index (κ3) is 2.08. The maximum atomic E-state index is 12.9. The van der Waals surface area contributed by atoms with Gasteiger partial charge in [-0.05, 0) is 45.3 Å². The summed E-state index contributed by atoms with van der Waals surface area (Å²) in [5.74, 6) is -0.669. The molecule has 1 N–H and O–H groups in total. The van der Waals surface area contributed by atoms with Gasteiger partial charge in [0.05, 0.1) is 5.54 Å². The molecule has 0 bridgehead atoms. The Labute approximate surface area is 133 Å². The summed E-state index contributed by atoms with van der Waals surface area (Å²) in [6.45, 7) is 3.59. The van der Waals surface area contributed by atoms with Crippen molar-refractivity contribution in [2.75, 3.05) is 6.61 Å². The molecule has 3 rings (SSSR count). The molecule has 3 aliphatic rings. The molecule has 0 aromatic heterocycles. The lowest BCUT2D eigenvalue weighted by molar-refractivity contribution is -0.148. The Morgan fingerprint density at radius 3 is 2.68 bits per heavy atom.